The number of hydrogen-bond donors (Lipinski definition) is 0. The molecule has 0 bridgehead atoms. The van der Waals surface area contributed by atoms with Crippen LogP contribution in [0.15, 0.2) is 60.7 Å². The van der Waals surface area contributed by atoms with Gasteiger partial charge >= 0.3 is 0 Å². The number of benzene rings is 2. The van der Waals surface area contributed by atoms with Gasteiger partial charge in [-0.2, -0.15) is 0 Å². The number of ether oxygens (including phenoxy) is 1. The molecule has 0 unspecified atom stereocenters. The van der Waals surface area contributed by atoms with Crippen molar-refractivity contribution in [2.24, 2.45) is 0 Å². The molecule has 0 aliphatic heterocycles. The van der Waals surface area contributed by atoms with Crippen LogP contribution in [0.2, 0.25) is 0 Å². The van der Waals surface area contributed by atoms with Gasteiger partial charge < -0.3 is 4.74 Å². The first kappa shape index (κ1) is 13.8. The van der Waals surface area contributed by atoms with Crippen molar-refractivity contribution in [1.82, 2.24) is 0 Å². The first-order valence-corrected chi connectivity index (χ1v) is 6.91. The molecule has 100 valence electrons. The maximum atomic E-state index is 5.89. The fourth-order valence-electron chi connectivity index (χ4n) is 2.54. The molecule has 19 heavy (non-hydrogen) atoms. The maximum absolute atomic E-state index is 5.89. The van der Waals surface area contributed by atoms with Crippen LogP contribution < -0.4 is 0 Å². The molecule has 1 heteroatoms. The van der Waals surface area contributed by atoms with E-state index in [1.165, 1.54) is 11.1 Å². The molecule has 0 heterocycles. The van der Waals surface area contributed by atoms with Crippen LogP contribution in [0.25, 0.3) is 0 Å². The van der Waals surface area contributed by atoms with E-state index in [0.29, 0.717) is 0 Å². The molecule has 0 aliphatic carbocycles. The monoisotopic (exact) mass is 254 g/mol. The van der Waals surface area contributed by atoms with Gasteiger partial charge in [-0.15, -0.1) is 0 Å². The summed E-state index contributed by atoms with van der Waals surface area (Å²) in [7, 11) is 1.83. The van der Waals surface area contributed by atoms with Crippen molar-refractivity contribution in [2.75, 3.05) is 7.11 Å². The lowest BCUT2D eigenvalue weighted by atomic mass is 9.85. The highest BCUT2D eigenvalue weighted by Gasteiger charge is 2.28. The summed E-state index contributed by atoms with van der Waals surface area (Å²) < 4.78 is 5.89. The summed E-state index contributed by atoms with van der Waals surface area (Å²) in [6.07, 6.45) is 2.92. The average Bonchev–Trinajstić information content (AvgIpc) is 2.48. The summed E-state index contributed by atoms with van der Waals surface area (Å²) in [6.45, 7) is 2.20. The van der Waals surface area contributed by atoms with Crippen LogP contribution in [0.4, 0.5) is 0 Å². The van der Waals surface area contributed by atoms with Gasteiger partial charge in [0.05, 0.1) is 5.60 Å². The van der Waals surface area contributed by atoms with Gasteiger partial charge in [0.2, 0.25) is 0 Å². The minimum absolute atomic E-state index is 0.108. The lowest BCUT2D eigenvalue weighted by Gasteiger charge is -2.32. The topological polar surface area (TPSA) is 9.23 Å². The van der Waals surface area contributed by atoms with Crippen LogP contribution in [-0.4, -0.2) is 12.7 Å². The molecule has 0 amide bonds. The maximum Gasteiger partial charge on any atom is 0.0756 e. The van der Waals surface area contributed by atoms with E-state index in [-0.39, 0.29) is 5.60 Å². The van der Waals surface area contributed by atoms with E-state index in [2.05, 4.69) is 67.6 Å². The molecule has 0 saturated heterocycles. The zero-order chi connectivity index (χ0) is 13.6. The second-order valence-corrected chi connectivity index (χ2v) is 5.07. The predicted octanol–water partition coefficient (Wildman–Crippen LogP) is 4.27. The summed E-state index contributed by atoms with van der Waals surface area (Å²) in [5, 5.41) is 0. The zero-order valence-corrected chi connectivity index (χ0v) is 11.8. The van der Waals surface area contributed by atoms with Gasteiger partial charge in [0, 0.05) is 20.0 Å². The van der Waals surface area contributed by atoms with Gasteiger partial charge in [0.25, 0.3) is 0 Å². The van der Waals surface area contributed by atoms with Gasteiger partial charge in [-0.3, -0.25) is 0 Å². The minimum Gasteiger partial charge on any atom is -0.378 e. The van der Waals surface area contributed by atoms with Gasteiger partial charge in [-0.25, -0.2) is 0 Å². The van der Waals surface area contributed by atoms with Crippen LogP contribution in [0.5, 0.6) is 0 Å². The quantitative estimate of drug-likeness (QED) is 0.748. The van der Waals surface area contributed by atoms with Crippen LogP contribution in [-0.2, 0) is 17.6 Å². The Hall–Kier alpha value is -1.60. The van der Waals surface area contributed by atoms with E-state index < -0.39 is 0 Å². The Bertz CT molecular complexity index is 428. The molecular formula is C18H22O. The highest BCUT2D eigenvalue weighted by atomic mass is 16.5. The summed E-state index contributed by atoms with van der Waals surface area (Å²) in [4.78, 5) is 0. The summed E-state index contributed by atoms with van der Waals surface area (Å²) in [5.41, 5.74) is 2.56. The molecule has 0 aromatic heterocycles. The molecule has 0 spiro atoms. The van der Waals surface area contributed by atoms with Crippen molar-refractivity contribution < 1.29 is 4.74 Å². The van der Waals surface area contributed by atoms with Crippen LogP contribution in [0.3, 0.4) is 0 Å². The first-order valence-electron chi connectivity index (χ1n) is 6.91. The lowest BCUT2D eigenvalue weighted by molar-refractivity contribution is -0.0129. The second kappa shape index (κ2) is 6.53. The van der Waals surface area contributed by atoms with Gasteiger partial charge in [-0.1, -0.05) is 67.6 Å². The molecule has 1 nitrogen and oxygen atoms in total. The normalized spacial score (nSPS) is 11.5. The number of methoxy groups -OCH3 is 1. The van der Waals surface area contributed by atoms with Crippen molar-refractivity contribution >= 4 is 0 Å². The Labute approximate surface area is 116 Å². The molecule has 0 radical (unpaired) electrons. The fourth-order valence-corrected chi connectivity index (χ4v) is 2.54. The van der Waals surface area contributed by atoms with Crippen molar-refractivity contribution in [1.29, 1.82) is 0 Å². The zero-order valence-electron chi connectivity index (χ0n) is 11.8. The highest BCUT2D eigenvalue weighted by Crippen LogP contribution is 2.26. The average molecular weight is 254 g/mol. The van der Waals surface area contributed by atoms with Crippen molar-refractivity contribution in [2.45, 2.75) is 31.8 Å². The molecule has 2 rings (SSSR count). The Kier molecular flexibility index (Phi) is 4.75. The van der Waals surface area contributed by atoms with E-state index in [0.717, 1.165) is 19.3 Å². The SMILES string of the molecule is CCC(Cc1ccccc1)(Cc1ccccc1)OC. The highest BCUT2D eigenvalue weighted by molar-refractivity contribution is 5.21. The standard InChI is InChI=1S/C18H22O/c1-3-18(19-2,14-16-10-6-4-7-11-16)15-17-12-8-5-9-13-17/h4-13H,3,14-15H2,1-2H3. The largest absolute Gasteiger partial charge is 0.378 e. The third kappa shape index (κ3) is 3.68. The van der Waals surface area contributed by atoms with Gasteiger partial charge in [0.15, 0.2) is 0 Å². The number of hydrogen-bond acceptors (Lipinski definition) is 1. The van der Waals surface area contributed by atoms with Gasteiger partial charge in [-0.05, 0) is 17.5 Å². The molecule has 0 atom stereocenters. The Morgan fingerprint density at radius 3 is 1.53 bits per heavy atom. The van der Waals surface area contributed by atoms with E-state index in [4.69, 9.17) is 4.74 Å². The second-order valence-electron chi connectivity index (χ2n) is 5.07. The molecule has 2 aromatic rings. The van der Waals surface area contributed by atoms with Crippen molar-refractivity contribution in [3.05, 3.63) is 71.8 Å². The third-order valence-electron chi connectivity index (χ3n) is 3.82. The smallest absolute Gasteiger partial charge is 0.0756 e. The van der Waals surface area contributed by atoms with E-state index in [1.807, 2.05) is 7.11 Å². The minimum atomic E-state index is -0.108. The fraction of sp³-hybridized carbons (Fsp3) is 0.333. The molecule has 0 fully saturated rings. The summed E-state index contributed by atoms with van der Waals surface area (Å²) in [6, 6.07) is 21.2. The van der Waals surface area contributed by atoms with Crippen LogP contribution in [0.1, 0.15) is 24.5 Å². The summed E-state index contributed by atoms with van der Waals surface area (Å²) in [5.74, 6) is 0. The first-order chi connectivity index (χ1) is 9.28. The Morgan fingerprint density at radius 2 is 1.21 bits per heavy atom. The Morgan fingerprint density at radius 1 is 0.789 bits per heavy atom. The van der Waals surface area contributed by atoms with Crippen molar-refractivity contribution in [3.8, 4) is 0 Å². The van der Waals surface area contributed by atoms with Gasteiger partial charge in [0.1, 0.15) is 0 Å². The van der Waals surface area contributed by atoms with E-state index >= 15 is 0 Å². The molecule has 0 saturated carbocycles. The molecule has 0 N–H and O–H groups in total. The number of rotatable bonds is 6. The molecule has 0 aliphatic rings. The van der Waals surface area contributed by atoms with Crippen LogP contribution in [0, 0.1) is 0 Å². The predicted molar refractivity (Wildman–Crippen MR) is 80.3 cm³/mol. The summed E-state index contributed by atoms with van der Waals surface area (Å²) >= 11 is 0. The van der Waals surface area contributed by atoms with E-state index in [9.17, 15) is 0 Å². The molecule has 2 aromatic carbocycles. The third-order valence-corrected chi connectivity index (χ3v) is 3.82. The van der Waals surface area contributed by atoms with Crippen molar-refractivity contribution in [3.63, 3.8) is 0 Å². The molecular weight excluding hydrogens is 232 g/mol. The lowest BCUT2D eigenvalue weighted by Crippen LogP contribution is -2.36. The van der Waals surface area contributed by atoms with E-state index in [1.54, 1.807) is 0 Å². The van der Waals surface area contributed by atoms with Crippen LogP contribution >= 0.6 is 0 Å². The Balaban J connectivity index is 2.18.